The molecule has 1 aromatic heterocycles. The first-order valence-corrected chi connectivity index (χ1v) is 11.2. The number of nitrogens with zero attached hydrogens (tertiary/aromatic N) is 4. The van der Waals surface area contributed by atoms with Crippen LogP contribution in [-0.2, 0) is 11.3 Å². The van der Waals surface area contributed by atoms with E-state index in [1.54, 1.807) is 0 Å². The first kappa shape index (κ1) is 20.1. The Morgan fingerprint density at radius 3 is 2.55 bits per heavy atom. The van der Waals surface area contributed by atoms with Crippen molar-refractivity contribution in [3.8, 4) is 0 Å². The molecule has 156 valence electrons. The summed E-state index contributed by atoms with van der Waals surface area (Å²) in [5.74, 6) is 1.99. The number of benzene rings is 1. The highest BCUT2D eigenvalue weighted by molar-refractivity contribution is 5.82. The summed E-state index contributed by atoms with van der Waals surface area (Å²) in [4.78, 5) is 22.5. The molecule has 4 rings (SSSR count). The highest BCUT2D eigenvalue weighted by atomic mass is 16.2. The summed E-state index contributed by atoms with van der Waals surface area (Å²) in [6, 6.07) is 11.0. The van der Waals surface area contributed by atoms with Crippen LogP contribution < -0.4 is 0 Å². The van der Waals surface area contributed by atoms with Crippen LogP contribution in [0, 0.1) is 0 Å². The Labute approximate surface area is 174 Å². The van der Waals surface area contributed by atoms with Crippen molar-refractivity contribution < 1.29 is 4.79 Å². The van der Waals surface area contributed by atoms with Gasteiger partial charge in [0, 0.05) is 44.0 Å². The molecule has 0 saturated carbocycles. The molecular weight excluding hydrogens is 360 g/mol. The first-order valence-electron chi connectivity index (χ1n) is 11.2. The number of hydrogen-bond donors (Lipinski definition) is 0. The van der Waals surface area contributed by atoms with Gasteiger partial charge < -0.3 is 9.47 Å². The van der Waals surface area contributed by atoms with E-state index in [1.165, 1.54) is 17.8 Å². The van der Waals surface area contributed by atoms with E-state index >= 15 is 0 Å². The number of carbonyl (C=O) groups excluding carboxylic acids is 1. The molecule has 0 aliphatic carbocycles. The maximum absolute atomic E-state index is 13.4. The molecule has 29 heavy (non-hydrogen) atoms. The summed E-state index contributed by atoms with van der Waals surface area (Å²) in [6.45, 7) is 8.00. The number of imidazole rings is 1. The number of piperidine rings is 2. The van der Waals surface area contributed by atoms with Gasteiger partial charge in [0.15, 0.2) is 0 Å². The van der Waals surface area contributed by atoms with E-state index in [-0.39, 0.29) is 6.04 Å². The third-order valence-corrected chi connectivity index (χ3v) is 6.55. The molecular formula is C24H34N4O. The van der Waals surface area contributed by atoms with Gasteiger partial charge in [-0.2, -0.15) is 0 Å². The topological polar surface area (TPSA) is 41.4 Å². The van der Waals surface area contributed by atoms with Gasteiger partial charge in [-0.3, -0.25) is 9.69 Å². The van der Waals surface area contributed by atoms with Gasteiger partial charge in [-0.05, 0) is 51.6 Å². The first-order chi connectivity index (χ1) is 14.1. The van der Waals surface area contributed by atoms with E-state index in [0.29, 0.717) is 17.9 Å². The van der Waals surface area contributed by atoms with Crippen LogP contribution in [0.3, 0.4) is 0 Å². The van der Waals surface area contributed by atoms with Crippen molar-refractivity contribution in [2.24, 2.45) is 0 Å². The number of rotatable bonds is 5. The van der Waals surface area contributed by atoms with Crippen LogP contribution >= 0.6 is 0 Å². The fourth-order valence-corrected chi connectivity index (χ4v) is 4.92. The summed E-state index contributed by atoms with van der Waals surface area (Å²) in [6.07, 6.45) is 9.36. The Hall–Kier alpha value is -2.14. The van der Waals surface area contributed by atoms with E-state index < -0.39 is 0 Å². The minimum absolute atomic E-state index is 0.0400. The molecule has 0 spiro atoms. The van der Waals surface area contributed by atoms with Crippen molar-refractivity contribution >= 4 is 5.91 Å². The average Bonchev–Trinajstić information content (AvgIpc) is 3.25. The van der Waals surface area contributed by atoms with Gasteiger partial charge in [0.25, 0.3) is 0 Å². The lowest BCUT2D eigenvalue weighted by atomic mass is 9.93. The van der Waals surface area contributed by atoms with Crippen LogP contribution in [0.2, 0.25) is 0 Å². The van der Waals surface area contributed by atoms with Gasteiger partial charge in [-0.1, -0.05) is 36.8 Å². The highest BCUT2D eigenvalue weighted by Gasteiger charge is 2.34. The molecule has 0 bridgehead atoms. The lowest BCUT2D eigenvalue weighted by Crippen LogP contribution is -2.52. The zero-order valence-corrected chi connectivity index (χ0v) is 17.8. The summed E-state index contributed by atoms with van der Waals surface area (Å²) >= 11 is 0. The van der Waals surface area contributed by atoms with Gasteiger partial charge >= 0.3 is 0 Å². The van der Waals surface area contributed by atoms with E-state index in [2.05, 4.69) is 69.7 Å². The van der Waals surface area contributed by atoms with Crippen LogP contribution in [0.1, 0.15) is 69.3 Å². The number of likely N-dealkylation sites (tertiary alicyclic amines) is 2. The number of aromatic nitrogens is 2. The van der Waals surface area contributed by atoms with Crippen LogP contribution in [0.25, 0.3) is 0 Å². The third kappa shape index (κ3) is 4.55. The summed E-state index contributed by atoms with van der Waals surface area (Å²) in [5.41, 5.74) is 1.30. The molecule has 0 radical (unpaired) electrons. The van der Waals surface area contributed by atoms with E-state index in [4.69, 9.17) is 0 Å². The molecule has 1 amide bonds. The Morgan fingerprint density at radius 1 is 1.07 bits per heavy atom. The van der Waals surface area contributed by atoms with Crippen LogP contribution in [0.4, 0.5) is 0 Å². The Bertz CT molecular complexity index is 792. The molecule has 1 atom stereocenters. The molecule has 2 aliphatic heterocycles. The van der Waals surface area contributed by atoms with Crippen molar-refractivity contribution in [1.29, 1.82) is 0 Å². The molecule has 0 unspecified atom stereocenters. The van der Waals surface area contributed by atoms with Crippen molar-refractivity contribution in [2.45, 2.75) is 70.5 Å². The van der Waals surface area contributed by atoms with E-state index in [1.807, 2.05) is 6.20 Å². The number of carbonyl (C=O) groups is 1. The zero-order chi connectivity index (χ0) is 20.2. The quantitative estimate of drug-likeness (QED) is 0.762. The van der Waals surface area contributed by atoms with Gasteiger partial charge in [-0.15, -0.1) is 0 Å². The smallest absolute Gasteiger partial charge is 0.239 e. The van der Waals surface area contributed by atoms with Crippen molar-refractivity contribution in [3.63, 3.8) is 0 Å². The van der Waals surface area contributed by atoms with Crippen molar-refractivity contribution in [1.82, 2.24) is 19.4 Å². The van der Waals surface area contributed by atoms with E-state index in [0.717, 1.165) is 51.9 Å². The number of hydrogen-bond acceptors (Lipinski definition) is 3. The van der Waals surface area contributed by atoms with Gasteiger partial charge in [0.2, 0.25) is 5.91 Å². The largest absolute Gasteiger partial charge is 0.341 e. The van der Waals surface area contributed by atoms with Crippen LogP contribution in [0.15, 0.2) is 42.7 Å². The predicted octanol–water partition coefficient (Wildman–Crippen LogP) is 4.22. The van der Waals surface area contributed by atoms with Gasteiger partial charge in [-0.25, -0.2) is 4.98 Å². The van der Waals surface area contributed by atoms with Gasteiger partial charge in [0.05, 0.1) is 6.04 Å². The normalized spacial score (nSPS) is 21.6. The number of amides is 1. The second kappa shape index (κ2) is 9.12. The third-order valence-electron chi connectivity index (χ3n) is 6.55. The van der Waals surface area contributed by atoms with Gasteiger partial charge in [0.1, 0.15) is 5.82 Å². The fraction of sp³-hybridized carbons (Fsp3) is 0.583. The molecule has 0 N–H and O–H groups in total. The average molecular weight is 395 g/mol. The van der Waals surface area contributed by atoms with Crippen LogP contribution in [-0.4, -0.2) is 50.9 Å². The molecule has 5 heteroatoms. The standard InChI is InChI=1S/C24H34N4O/c1-19(2)28-17-13-25-23(28)21-11-15-26(16-12-21)24(29)22-10-6-7-14-27(22)18-20-8-4-3-5-9-20/h3-5,8-9,13,17,19,21-22H,6-7,10-12,14-16,18H2,1-2H3/t22-/m1/s1. The minimum Gasteiger partial charge on any atom is -0.341 e. The zero-order valence-electron chi connectivity index (χ0n) is 17.8. The SMILES string of the molecule is CC(C)n1ccnc1C1CCN(C(=O)[C@H]2CCCCN2Cc2ccccc2)CC1. The summed E-state index contributed by atoms with van der Waals surface area (Å²) in [5, 5.41) is 0. The lowest BCUT2D eigenvalue weighted by molar-refractivity contribution is -0.139. The maximum Gasteiger partial charge on any atom is 0.239 e. The fourth-order valence-electron chi connectivity index (χ4n) is 4.92. The lowest BCUT2D eigenvalue weighted by Gasteiger charge is -2.40. The molecule has 2 aliphatic rings. The predicted molar refractivity (Wildman–Crippen MR) is 116 cm³/mol. The van der Waals surface area contributed by atoms with E-state index in [9.17, 15) is 4.79 Å². The molecule has 1 aromatic carbocycles. The minimum atomic E-state index is 0.0400. The Kier molecular flexibility index (Phi) is 6.34. The summed E-state index contributed by atoms with van der Waals surface area (Å²) < 4.78 is 2.28. The Morgan fingerprint density at radius 2 is 1.83 bits per heavy atom. The molecule has 2 aromatic rings. The molecule has 5 nitrogen and oxygen atoms in total. The second-order valence-electron chi connectivity index (χ2n) is 8.85. The second-order valence-corrected chi connectivity index (χ2v) is 8.85. The van der Waals surface area contributed by atoms with Crippen molar-refractivity contribution in [3.05, 3.63) is 54.1 Å². The Balaban J connectivity index is 1.38. The molecule has 2 fully saturated rings. The van der Waals surface area contributed by atoms with Crippen LogP contribution in [0.5, 0.6) is 0 Å². The monoisotopic (exact) mass is 394 g/mol. The van der Waals surface area contributed by atoms with Crippen molar-refractivity contribution in [2.75, 3.05) is 19.6 Å². The molecule has 3 heterocycles. The molecule has 2 saturated heterocycles. The summed E-state index contributed by atoms with van der Waals surface area (Å²) in [7, 11) is 0. The maximum atomic E-state index is 13.4. The highest BCUT2D eigenvalue weighted by Crippen LogP contribution is 2.30.